The van der Waals surface area contributed by atoms with Crippen molar-refractivity contribution in [3.63, 3.8) is 0 Å². The summed E-state index contributed by atoms with van der Waals surface area (Å²) in [5.41, 5.74) is 10.4. The van der Waals surface area contributed by atoms with Crippen molar-refractivity contribution in [2.75, 3.05) is 5.32 Å². The van der Waals surface area contributed by atoms with Crippen LogP contribution in [0.2, 0.25) is 0 Å². The molecule has 1 aliphatic carbocycles. The lowest BCUT2D eigenvalue weighted by atomic mass is 9.86. The molecular weight excluding hydrogens is 336 g/mol. The van der Waals surface area contributed by atoms with Crippen molar-refractivity contribution in [1.82, 2.24) is 0 Å². The summed E-state index contributed by atoms with van der Waals surface area (Å²) in [5, 5.41) is 13.1. The van der Waals surface area contributed by atoms with Crippen molar-refractivity contribution in [2.45, 2.75) is 64.0 Å². The second-order valence-electron chi connectivity index (χ2n) is 8.60. The zero-order chi connectivity index (χ0) is 19.6. The van der Waals surface area contributed by atoms with Crippen LogP contribution in [-0.4, -0.2) is 23.2 Å². The first-order chi connectivity index (χ1) is 12.7. The summed E-state index contributed by atoms with van der Waals surface area (Å²) in [6.45, 7) is 6.58. The minimum absolute atomic E-state index is 0.109. The highest BCUT2D eigenvalue weighted by molar-refractivity contribution is 6.00. The molecule has 2 aromatic rings. The summed E-state index contributed by atoms with van der Waals surface area (Å²) in [6.07, 6.45) is 3.19. The Bertz CT molecular complexity index is 798. The van der Waals surface area contributed by atoms with Gasteiger partial charge in [-0.15, -0.1) is 0 Å². The maximum atomic E-state index is 12.0. The van der Waals surface area contributed by atoms with Gasteiger partial charge in [-0.25, -0.2) is 0 Å². The van der Waals surface area contributed by atoms with E-state index in [2.05, 4.69) is 50.4 Å². The van der Waals surface area contributed by atoms with E-state index in [1.165, 1.54) is 5.56 Å². The number of rotatable bonds is 4. The van der Waals surface area contributed by atoms with Gasteiger partial charge >= 0.3 is 0 Å². The third-order valence-corrected chi connectivity index (χ3v) is 5.43. The molecule has 0 radical (unpaired) electrons. The largest absolute Gasteiger partial charge is 0.393 e. The average molecular weight is 367 g/mol. The quantitative estimate of drug-likeness (QED) is 0.747. The van der Waals surface area contributed by atoms with Gasteiger partial charge in [0.15, 0.2) is 0 Å². The summed E-state index contributed by atoms with van der Waals surface area (Å²) >= 11 is 0. The fraction of sp³-hybridized carbons (Fsp3) is 0.435. The molecule has 0 bridgehead atoms. The van der Waals surface area contributed by atoms with Crippen LogP contribution < -0.4 is 11.1 Å². The number of aliphatic hydroxyl groups is 1. The number of primary amides is 1. The number of nitrogens with one attached hydrogen (secondary N) is 1. The summed E-state index contributed by atoms with van der Waals surface area (Å²) < 4.78 is 0. The van der Waals surface area contributed by atoms with Gasteiger partial charge in [0.2, 0.25) is 0 Å². The Kier molecular flexibility index (Phi) is 5.56. The molecule has 2 aromatic carbocycles. The molecule has 0 unspecified atom stereocenters. The minimum Gasteiger partial charge on any atom is -0.393 e. The Morgan fingerprint density at radius 1 is 1.00 bits per heavy atom. The van der Waals surface area contributed by atoms with E-state index in [0.29, 0.717) is 5.56 Å². The Balaban J connectivity index is 1.84. The number of carbonyl (C=O) groups is 1. The van der Waals surface area contributed by atoms with Gasteiger partial charge in [-0.2, -0.15) is 0 Å². The molecule has 4 heteroatoms. The topological polar surface area (TPSA) is 75.3 Å². The third kappa shape index (κ3) is 4.69. The zero-order valence-electron chi connectivity index (χ0n) is 16.5. The van der Waals surface area contributed by atoms with Crippen LogP contribution in [0.3, 0.4) is 0 Å². The van der Waals surface area contributed by atoms with Crippen molar-refractivity contribution < 1.29 is 9.90 Å². The van der Waals surface area contributed by atoms with E-state index in [1.807, 2.05) is 18.2 Å². The molecule has 27 heavy (non-hydrogen) atoms. The molecule has 0 heterocycles. The van der Waals surface area contributed by atoms with E-state index in [0.717, 1.165) is 42.5 Å². The molecule has 4 nitrogen and oxygen atoms in total. The molecule has 0 saturated heterocycles. The number of nitrogens with two attached hydrogens (primary N) is 1. The fourth-order valence-electron chi connectivity index (χ4n) is 3.66. The van der Waals surface area contributed by atoms with Gasteiger partial charge in [-0.3, -0.25) is 4.79 Å². The smallest absolute Gasteiger partial charge is 0.250 e. The normalized spacial score (nSPS) is 20.3. The number of aliphatic hydroxyl groups excluding tert-OH is 1. The number of hydrogen-bond donors (Lipinski definition) is 3. The summed E-state index contributed by atoms with van der Waals surface area (Å²) in [4.78, 5) is 12.0. The monoisotopic (exact) mass is 366 g/mol. The summed E-state index contributed by atoms with van der Waals surface area (Å²) in [7, 11) is 0. The van der Waals surface area contributed by atoms with Crippen LogP contribution in [0, 0.1) is 0 Å². The molecule has 4 N–H and O–H groups in total. The molecule has 0 spiro atoms. The molecule has 0 atom stereocenters. The lowest BCUT2D eigenvalue weighted by molar-refractivity contribution is 0.100. The van der Waals surface area contributed by atoms with Crippen molar-refractivity contribution in [3.8, 4) is 11.1 Å². The average Bonchev–Trinajstić information content (AvgIpc) is 2.63. The Morgan fingerprint density at radius 2 is 1.59 bits per heavy atom. The molecule has 1 saturated carbocycles. The first-order valence-electron chi connectivity index (χ1n) is 9.73. The van der Waals surface area contributed by atoms with E-state index < -0.39 is 5.91 Å². The van der Waals surface area contributed by atoms with Crippen molar-refractivity contribution >= 4 is 11.6 Å². The number of benzene rings is 2. The Labute approximate surface area is 161 Å². The van der Waals surface area contributed by atoms with Crippen LogP contribution in [0.25, 0.3) is 11.1 Å². The highest BCUT2D eigenvalue weighted by Gasteiger charge is 2.21. The van der Waals surface area contributed by atoms with E-state index in [9.17, 15) is 9.90 Å². The highest BCUT2D eigenvalue weighted by atomic mass is 16.3. The summed E-state index contributed by atoms with van der Waals surface area (Å²) in [6, 6.07) is 14.6. The van der Waals surface area contributed by atoms with Gasteiger partial charge in [0, 0.05) is 11.7 Å². The standard InChI is InChI=1S/C23H30N2O2/c1-23(2,3)17-7-4-15(5-8-17)16-6-13-21(20(14-16)22(24)27)25-18-9-11-19(26)12-10-18/h4-8,13-14,18-19,25-26H,9-12H2,1-3H3,(H2,24,27). The SMILES string of the molecule is CC(C)(C)c1ccc(-c2ccc(NC3CCC(O)CC3)c(C(N)=O)c2)cc1. The predicted octanol–water partition coefficient (Wildman–Crippen LogP) is 4.47. The van der Waals surface area contributed by atoms with Crippen LogP contribution in [-0.2, 0) is 5.41 Å². The lowest BCUT2D eigenvalue weighted by Crippen LogP contribution is -2.29. The fourth-order valence-corrected chi connectivity index (χ4v) is 3.66. The van der Waals surface area contributed by atoms with Gasteiger partial charge < -0.3 is 16.2 Å². The van der Waals surface area contributed by atoms with E-state index in [1.54, 1.807) is 0 Å². The third-order valence-electron chi connectivity index (χ3n) is 5.43. The first-order valence-corrected chi connectivity index (χ1v) is 9.73. The minimum atomic E-state index is -0.429. The van der Waals surface area contributed by atoms with Gasteiger partial charge in [-0.1, -0.05) is 51.1 Å². The number of carbonyl (C=O) groups excluding carboxylic acids is 1. The molecule has 1 fully saturated rings. The van der Waals surface area contributed by atoms with Crippen LogP contribution in [0.15, 0.2) is 42.5 Å². The first kappa shape index (κ1) is 19.4. The van der Waals surface area contributed by atoms with Gasteiger partial charge in [0.05, 0.1) is 11.7 Å². The Hall–Kier alpha value is -2.33. The van der Waals surface area contributed by atoms with Gasteiger partial charge in [0.1, 0.15) is 0 Å². The van der Waals surface area contributed by atoms with Crippen LogP contribution >= 0.6 is 0 Å². The van der Waals surface area contributed by atoms with Crippen LogP contribution in [0.1, 0.15) is 62.4 Å². The molecule has 1 aliphatic rings. The maximum Gasteiger partial charge on any atom is 0.250 e. The van der Waals surface area contributed by atoms with E-state index >= 15 is 0 Å². The Morgan fingerprint density at radius 3 is 2.15 bits per heavy atom. The molecule has 1 amide bonds. The van der Waals surface area contributed by atoms with Crippen molar-refractivity contribution in [3.05, 3.63) is 53.6 Å². The second-order valence-corrected chi connectivity index (χ2v) is 8.60. The van der Waals surface area contributed by atoms with Crippen LogP contribution in [0.4, 0.5) is 5.69 Å². The maximum absolute atomic E-state index is 12.0. The summed E-state index contributed by atoms with van der Waals surface area (Å²) in [5.74, 6) is -0.429. The van der Waals surface area contributed by atoms with Gasteiger partial charge in [-0.05, 0) is 59.9 Å². The molecule has 144 valence electrons. The van der Waals surface area contributed by atoms with Gasteiger partial charge in [0.25, 0.3) is 5.91 Å². The van der Waals surface area contributed by atoms with E-state index in [-0.39, 0.29) is 17.6 Å². The highest BCUT2D eigenvalue weighted by Crippen LogP contribution is 2.30. The lowest BCUT2D eigenvalue weighted by Gasteiger charge is -2.27. The number of anilines is 1. The second kappa shape index (κ2) is 7.73. The van der Waals surface area contributed by atoms with Crippen molar-refractivity contribution in [2.24, 2.45) is 5.73 Å². The molecular formula is C23H30N2O2. The molecule has 3 rings (SSSR count). The molecule has 0 aromatic heterocycles. The molecule has 0 aliphatic heterocycles. The predicted molar refractivity (Wildman–Crippen MR) is 111 cm³/mol. The van der Waals surface area contributed by atoms with Crippen molar-refractivity contribution in [1.29, 1.82) is 0 Å². The van der Waals surface area contributed by atoms with Crippen LogP contribution in [0.5, 0.6) is 0 Å². The van der Waals surface area contributed by atoms with E-state index in [4.69, 9.17) is 5.73 Å². The number of hydrogen-bond acceptors (Lipinski definition) is 3. The zero-order valence-corrected chi connectivity index (χ0v) is 16.5. The number of amides is 1.